The van der Waals surface area contributed by atoms with E-state index >= 15 is 0 Å². The Morgan fingerprint density at radius 1 is 1.39 bits per heavy atom. The van der Waals surface area contributed by atoms with Gasteiger partial charge in [-0.1, -0.05) is 5.21 Å². The zero-order chi connectivity index (χ0) is 13.4. The summed E-state index contributed by atoms with van der Waals surface area (Å²) in [7, 11) is 1.14. The normalized spacial score (nSPS) is 30.9. The summed E-state index contributed by atoms with van der Waals surface area (Å²) >= 11 is 0. The highest BCUT2D eigenvalue weighted by atomic mass is 16.5. The van der Waals surface area contributed by atoms with Crippen molar-refractivity contribution in [1.29, 1.82) is 0 Å². The van der Waals surface area contributed by atoms with Crippen LogP contribution in [0.3, 0.4) is 0 Å². The maximum atomic E-state index is 11.4. The molecule has 1 aliphatic rings. The summed E-state index contributed by atoms with van der Waals surface area (Å²) in [5.41, 5.74) is -0.340. The van der Waals surface area contributed by atoms with E-state index in [1.165, 1.54) is 0 Å². The lowest BCUT2D eigenvalue weighted by Crippen LogP contribution is -2.47. The molecule has 2 heterocycles. The monoisotopic (exact) mass is 259 g/mol. The van der Waals surface area contributed by atoms with Gasteiger partial charge in [0.2, 0.25) is 0 Å². The number of hydrogen-bond acceptors (Lipinski definition) is 8. The van der Waals surface area contributed by atoms with E-state index in [1.54, 1.807) is 0 Å². The van der Waals surface area contributed by atoms with Crippen LogP contribution >= 0.6 is 0 Å². The van der Waals surface area contributed by atoms with Crippen LogP contribution in [0.15, 0.2) is 0 Å². The highest BCUT2D eigenvalue weighted by molar-refractivity contribution is 5.88. The van der Waals surface area contributed by atoms with Crippen molar-refractivity contribution in [3.05, 3.63) is 11.4 Å². The fourth-order valence-corrected chi connectivity index (χ4v) is 1.97. The molecule has 0 radical (unpaired) electrons. The Morgan fingerprint density at radius 2 is 2.06 bits per heavy atom. The Morgan fingerprint density at radius 3 is 2.61 bits per heavy atom. The minimum atomic E-state index is -1.54. The number of aliphatic hydroxyl groups excluding tert-OH is 4. The van der Waals surface area contributed by atoms with Crippen molar-refractivity contribution in [3.63, 3.8) is 0 Å². The second-order valence-electron chi connectivity index (χ2n) is 3.94. The minimum absolute atomic E-state index is 0.0845. The van der Waals surface area contributed by atoms with Crippen LogP contribution in [0.2, 0.25) is 0 Å². The quantitative estimate of drug-likeness (QED) is 0.423. The summed E-state index contributed by atoms with van der Waals surface area (Å²) in [5.74, 6) is -0.824. The molecule has 100 valence electrons. The van der Waals surface area contributed by atoms with Gasteiger partial charge in [-0.25, -0.2) is 9.48 Å². The number of hydrogen-bond donors (Lipinski definition) is 4. The van der Waals surface area contributed by atoms with Crippen LogP contribution < -0.4 is 0 Å². The van der Waals surface area contributed by atoms with Gasteiger partial charge in [-0.15, -0.1) is 5.10 Å². The van der Waals surface area contributed by atoms with E-state index < -0.39 is 36.9 Å². The number of methoxy groups -OCH3 is 1. The standard InChI is InChI=1S/C9H13N3O6/c1-18-9(17)4-5-7(15)8(16)6(14)3(2-13)12(5)11-10-4/h3,6-8,13-16H,2H2,1H3/t3-,6-,7+,8+/m1/s1. The third-order valence-corrected chi connectivity index (χ3v) is 2.96. The third kappa shape index (κ3) is 1.68. The van der Waals surface area contributed by atoms with Crippen LogP contribution in [0.1, 0.15) is 28.3 Å². The molecule has 1 aromatic heterocycles. The Hall–Kier alpha value is -1.55. The molecule has 18 heavy (non-hydrogen) atoms. The van der Waals surface area contributed by atoms with E-state index in [0.29, 0.717) is 0 Å². The van der Waals surface area contributed by atoms with Crippen LogP contribution in [0.4, 0.5) is 0 Å². The fourth-order valence-electron chi connectivity index (χ4n) is 1.97. The molecule has 0 aromatic carbocycles. The average Bonchev–Trinajstić information content (AvgIpc) is 2.80. The van der Waals surface area contributed by atoms with Gasteiger partial charge in [0, 0.05) is 0 Å². The molecule has 1 aromatic rings. The zero-order valence-electron chi connectivity index (χ0n) is 9.46. The number of rotatable bonds is 2. The molecule has 1 aliphatic heterocycles. The zero-order valence-corrected chi connectivity index (χ0v) is 9.46. The van der Waals surface area contributed by atoms with Gasteiger partial charge < -0.3 is 25.2 Å². The van der Waals surface area contributed by atoms with Crippen molar-refractivity contribution < 1.29 is 30.0 Å². The molecular formula is C9H13N3O6. The maximum absolute atomic E-state index is 11.4. The maximum Gasteiger partial charge on any atom is 0.360 e. The van der Waals surface area contributed by atoms with Crippen molar-refractivity contribution in [2.75, 3.05) is 13.7 Å². The second kappa shape index (κ2) is 4.61. The highest BCUT2D eigenvalue weighted by Crippen LogP contribution is 2.33. The molecule has 4 N–H and O–H groups in total. The van der Waals surface area contributed by atoms with Gasteiger partial charge in [0.25, 0.3) is 0 Å². The van der Waals surface area contributed by atoms with Crippen molar-refractivity contribution in [1.82, 2.24) is 15.0 Å². The first-order valence-corrected chi connectivity index (χ1v) is 5.21. The number of ether oxygens (including phenoxy) is 1. The van der Waals surface area contributed by atoms with Gasteiger partial charge in [-0.2, -0.15) is 0 Å². The van der Waals surface area contributed by atoms with E-state index in [1.807, 2.05) is 0 Å². The number of fused-ring (bicyclic) bond motifs is 1. The van der Waals surface area contributed by atoms with E-state index in [0.717, 1.165) is 11.8 Å². The molecule has 4 atom stereocenters. The van der Waals surface area contributed by atoms with Crippen LogP contribution in [0, 0.1) is 0 Å². The Balaban J connectivity index is 2.53. The predicted molar refractivity (Wildman–Crippen MR) is 54.5 cm³/mol. The largest absolute Gasteiger partial charge is 0.464 e. The van der Waals surface area contributed by atoms with Gasteiger partial charge in [0.15, 0.2) is 5.69 Å². The molecule has 0 aliphatic carbocycles. The SMILES string of the molecule is COC(=O)c1nnn2c1[C@H](O)[C@@H](O)[C@H](O)[C@H]2CO. The lowest BCUT2D eigenvalue weighted by Gasteiger charge is -2.34. The minimum Gasteiger partial charge on any atom is -0.464 e. The van der Waals surface area contributed by atoms with Crippen molar-refractivity contribution in [2.45, 2.75) is 24.4 Å². The van der Waals surface area contributed by atoms with Crippen LogP contribution in [0.5, 0.6) is 0 Å². The van der Waals surface area contributed by atoms with Gasteiger partial charge >= 0.3 is 5.97 Å². The van der Waals surface area contributed by atoms with Crippen LogP contribution in [-0.2, 0) is 4.74 Å². The smallest absolute Gasteiger partial charge is 0.360 e. The number of aliphatic hydroxyl groups is 4. The molecule has 0 spiro atoms. The van der Waals surface area contributed by atoms with Crippen LogP contribution in [-0.4, -0.2) is 67.3 Å². The molecule has 0 bridgehead atoms. The van der Waals surface area contributed by atoms with Crippen molar-refractivity contribution in [3.8, 4) is 0 Å². The van der Waals surface area contributed by atoms with Crippen LogP contribution in [0.25, 0.3) is 0 Å². The lowest BCUT2D eigenvalue weighted by molar-refractivity contribution is -0.110. The summed E-state index contributed by atoms with van der Waals surface area (Å²) < 4.78 is 5.49. The Bertz CT molecular complexity index is 461. The van der Waals surface area contributed by atoms with Gasteiger partial charge in [-0.3, -0.25) is 0 Å². The molecule has 0 fully saturated rings. The molecule has 2 rings (SSSR count). The molecule has 0 saturated carbocycles. The van der Waals surface area contributed by atoms with E-state index in [4.69, 9.17) is 5.11 Å². The summed E-state index contributed by atoms with van der Waals surface area (Å²) in [6, 6.07) is -0.982. The molecule has 9 nitrogen and oxygen atoms in total. The number of carbonyl (C=O) groups excluding carboxylic acids is 1. The molecule has 9 heteroatoms. The average molecular weight is 259 g/mol. The number of nitrogens with zero attached hydrogens (tertiary/aromatic N) is 3. The topological polar surface area (TPSA) is 138 Å². The van der Waals surface area contributed by atoms with E-state index in [-0.39, 0.29) is 11.4 Å². The fraction of sp³-hybridized carbons (Fsp3) is 0.667. The summed E-state index contributed by atoms with van der Waals surface area (Å²) in [6.07, 6.45) is -4.49. The lowest BCUT2D eigenvalue weighted by atomic mass is 9.93. The Kier molecular flexibility index (Phi) is 3.30. The summed E-state index contributed by atoms with van der Waals surface area (Å²) in [6.45, 7) is -0.526. The van der Waals surface area contributed by atoms with Gasteiger partial charge in [0.05, 0.1) is 13.7 Å². The third-order valence-electron chi connectivity index (χ3n) is 2.96. The molecular weight excluding hydrogens is 246 g/mol. The molecule has 0 amide bonds. The first-order valence-electron chi connectivity index (χ1n) is 5.21. The van der Waals surface area contributed by atoms with Gasteiger partial charge in [0.1, 0.15) is 30.0 Å². The first kappa shape index (κ1) is 12.9. The highest BCUT2D eigenvalue weighted by Gasteiger charge is 2.44. The van der Waals surface area contributed by atoms with E-state index in [2.05, 4.69) is 15.0 Å². The van der Waals surface area contributed by atoms with Crippen molar-refractivity contribution >= 4 is 5.97 Å². The van der Waals surface area contributed by atoms with Crippen molar-refractivity contribution in [2.24, 2.45) is 0 Å². The number of carbonyl (C=O) groups is 1. The number of aromatic nitrogens is 3. The summed E-state index contributed by atoms with van der Waals surface area (Å²) in [5, 5.41) is 45.5. The molecule has 0 unspecified atom stereocenters. The second-order valence-corrected chi connectivity index (χ2v) is 3.94. The Labute approximate surface area is 101 Å². The van der Waals surface area contributed by atoms with E-state index in [9.17, 15) is 20.1 Å². The van der Waals surface area contributed by atoms with Gasteiger partial charge in [-0.05, 0) is 0 Å². The predicted octanol–water partition coefficient (Wildman–Crippen LogP) is -2.63. The molecule has 0 saturated heterocycles. The summed E-state index contributed by atoms with van der Waals surface area (Å²) in [4.78, 5) is 11.4. The number of esters is 1. The first-order chi connectivity index (χ1) is 8.52.